The van der Waals surface area contributed by atoms with E-state index in [4.69, 9.17) is 0 Å². The third-order valence-electron chi connectivity index (χ3n) is 8.23. The molecule has 31 heavy (non-hydrogen) atoms. The van der Waals surface area contributed by atoms with Crippen LogP contribution in [0.15, 0.2) is 0 Å². The van der Waals surface area contributed by atoms with Crippen molar-refractivity contribution < 1.29 is 4.79 Å². The molecule has 0 amide bonds. The van der Waals surface area contributed by atoms with Crippen LogP contribution in [0.1, 0.15) is 126 Å². The zero-order chi connectivity index (χ0) is 23.6. The summed E-state index contributed by atoms with van der Waals surface area (Å²) in [4.78, 5) is 12.5. The molecule has 0 aliphatic rings. The second-order valence-electron chi connectivity index (χ2n) is 10.8. The predicted octanol–water partition coefficient (Wildman–Crippen LogP) is 10.4. The van der Waals surface area contributed by atoms with E-state index in [1.165, 1.54) is 83.3 Å². The maximum atomic E-state index is 12.5. The molecule has 0 fully saturated rings. The zero-order valence-corrected chi connectivity index (χ0v) is 28.6. The fourth-order valence-electron chi connectivity index (χ4n) is 6.70. The van der Waals surface area contributed by atoms with Crippen LogP contribution >= 0.6 is 0 Å². The Kier molecular flexibility index (Phi) is 20.4. The SMILES string of the molecule is CCC[CH2][Sn]([CH2]CCC)([CH2]CCC)[CH](C(C)C=O)[Sn]([CH2]CCC)([CH2]CCC)[CH2]CCC. The first-order chi connectivity index (χ1) is 15.0. The molecule has 0 aliphatic heterocycles. The van der Waals surface area contributed by atoms with E-state index in [2.05, 4.69) is 48.5 Å². The molecule has 0 bridgehead atoms. The second-order valence-corrected chi connectivity index (χ2v) is 43.2. The van der Waals surface area contributed by atoms with Gasteiger partial charge in [-0.1, -0.05) is 0 Å². The molecule has 0 radical (unpaired) electrons. The van der Waals surface area contributed by atoms with Crippen molar-refractivity contribution in [2.75, 3.05) is 0 Å². The normalized spacial score (nSPS) is 13.7. The number of carbonyl (C=O) groups is 1. The first kappa shape index (κ1) is 32.3. The Balaban J connectivity index is 6.66. The van der Waals surface area contributed by atoms with Crippen LogP contribution in [0.25, 0.3) is 0 Å². The van der Waals surface area contributed by atoms with Gasteiger partial charge in [-0.05, 0) is 0 Å². The van der Waals surface area contributed by atoms with E-state index in [-0.39, 0.29) is 0 Å². The van der Waals surface area contributed by atoms with Crippen molar-refractivity contribution in [3.05, 3.63) is 0 Å². The minimum absolute atomic E-state index is 0.364. The Bertz CT molecular complexity index is 348. The average molecular weight is 650 g/mol. The van der Waals surface area contributed by atoms with Gasteiger partial charge in [0.15, 0.2) is 0 Å². The fourth-order valence-corrected chi connectivity index (χ4v) is 86.4. The van der Waals surface area contributed by atoms with Gasteiger partial charge in [0.1, 0.15) is 0 Å². The Morgan fingerprint density at radius 1 is 0.516 bits per heavy atom. The molecular weight excluding hydrogens is 590 g/mol. The van der Waals surface area contributed by atoms with E-state index < -0.39 is 36.8 Å². The molecule has 0 spiro atoms. The standard InChI is InChI=1S/C4H6O.6C4H9.2Sn/c1-4(2)3-5;6*1-3-4-2;;/h1,3-4H,2H3;6*1,3-4H2,2H3;;. The zero-order valence-electron chi connectivity index (χ0n) is 22.9. The summed E-state index contributed by atoms with van der Waals surface area (Å²) in [5.41, 5.74) is 0. The van der Waals surface area contributed by atoms with Gasteiger partial charge in [0.05, 0.1) is 0 Å². The molecule has 0 aromatic rings. The summed E-state index contributed by atoms with van der Waals surface area (Å²) in [5, 5.41) is 0. The topological polar surface area (TPSA) is 17.1 Å². The van der Waals surface area contributed by atoms with Gasteiger partial charge < -0.3 is 0 Å². The molecule has 0 aromatic carbocycles. The molecular formula is C28H60OSn2. The summed E-state index contributed by atoms with van der Waals surface area (Å²) in [6, 6.07) is 0. The quantitative estimate of drug-likeness (QED) is 0.0842. The third kappa shape index (κ3) is 11.0. The average Bonchev–Trinajstić information content (AvgIpc) is 2.80. The predicted molar refractivity (Wildman–Crippen MR) is 149 cm³/mol. The van der Waals surface area contributed by atoms with Crippen LogP contribution in [0.3, 0.4) is 0 Å². The van der Waals surface area contributed by atoms with E-state index in [0.29, 0.717) is 5.92 Å². The molecule has 1 unspecified atom stereocenters. The summed E-state index contributed by atoms with van der Waals surface area (Å²) < 4.78 is 10.5. The number of unbranched alkanes of at least 4 members (excludes halogenated alkanes) is 6. The Morgan fingerprint density at radius 3 is 0.903 bits per heavy atom. The monoisotopic (exact) mass is 652 g/mol. The summed E-state index contributed by atoms with van der Waals surface area (Å²) in [6.07, 6.45) is 18.2. The van der Waals surface area contributed by atoms with Crippen LogP contribution in [0.4, 0.5) is 0 Å². The van der Waals surface area contributed by atoms with Crippen molar-refractivity contribution in [3.63, 3.8) is 0 Å². The Morgan fingerprint density at radius 2 is 0.742 bits per heavy atom. The molecule has 1 nitrogen and oxygen atoms in total. The molecule has 0 rings (SSSR count). The van der Waals surface area contributed by atoms with Crippen LogP contribution in [-0.2, 0) is 4.79 Å². The van der Waals surface area contributed by atoms with Crippen LogP contribution in [-0.4, -0.2) is 43.0 Å². The Hall–Kier alpha value is 1.27. The van der Waals surface area contributed by atoms with Crippen LogP contribution < -0.4 is 0 Å². The molecule has 1 atom stereocenters. The van der Waals surface area contributed by atoms with Crippen molar-refractivity contribution in [3.8, 4) is 0 Å². The first-order valence-electron chi connectivity index (χ1n) is 14.4. The van der Waals surface area contributed by atoms with Gasteiger partial charge in [-0.2, -0.15) is 0 Å². The molecule has 3 heteroatoms. The van der Waals surface area contributed by atoms with Gasteiger partial charge in [0.2, 0.25) is 0 Å². The molecule has 0 aliphatic carbocycles. The van der Waals surface area contributed by atoms with Gasteiger partial charge in [-0.25, -0.2) is 0 Å². The maximum absolute atomic E-state index is 12.5. The van der Waals surface area contributed by atoms with Crippen molar-refractivity contribution in [1.82, 2.24) is 0 Å². The van der Waals surface area contributed by atoms with Gasteiger partial charge in [-0.3, -0.25) is 0 Å². The van der Waals surface area contributed by atoms with Crippen molar-refractivity contribution in [2.45, 2.75) is 154 Å². The van der Waals surface area contributed by atoms with Gasteiger partial charge in [0.25, 0.3) is 0 Å². The van der Waals surface area contributed by atoms with E-state index in [1.807, 2.05) is 0 Å². The van der Waals surface area contributed by atoms with Gasteiger partial charge in [-0.15, -0.1) is 0 Å². The molecule has 0 saturated carbocycles. The number of hydrogen-bond acceptors (Lipinski definition) is 1. The summed E-state index contributed by atoms with van der Waals surface area (Å²) in [7, 11) is 0. The van der Waals surface area contributed by atoms with Gasteiger partial charge >= 0.3 is 208 Å². The summed E-state index contributed by atoms with van der Waals surface area (Å²) in [5.74, 6) is 0.364. The first-order valence-corrected chi connectivity index (χ1v) is 29.8. The summed E-state index contributed by atoms with van der Waals surface area (Å²) in [6.45, 7) is 16.8. The van der Waals surface area contributed by atoms with Crippen molar-refractivity contribution in [2.24, 2.45) is 5.92 Å². The second kappa shape index (κ2) is 19.6. The summed E-state index contributed by atoms with van der Waals surface area (Å²) >= 11 is -4.97. The number of carbonyl (C=O) groups excluding carboxylic acids is 1. The van der Waals surface area contributed by atoms with E-state index in [9.17, 15) is 4.79 Å². The minimum atomic E-state index is -2.49. The number of aldehydes is 1. The molecule has 186 valence electrons. The fraction of sp³-hybridized carbons (Fsp3) is 0.964. The van der Waals surface area contributed by atoms with Crippen LogP contribution in [0.2, 0.25) is 28.6 Å². The van der Waals surface area contributed by atoms with Crippen molar-refractivity contribution in [1.29, 1.82) is 0 Å². The van der Waals surface area contributed by atoms with Crippen LogP contribution in [0.5, 0.6) is 0 Å². The van der Waals surface area contributed by atoms with Crippen LogP contribution in [0, 0.1) is 5.92 Å². The third-order valence-corrected chi connectivity index (χ3v) is 65.3. The van der Waals surface area contributed by atoms with Crippen molar-refractivity contribution >= 4 is 43.0 Å². The molecule has 0 heterocycles. The molecule has 0 N–H and O–H groups in total. The Labute approximate surface area is 206 Å². The number of rotatable bonds is 22. The molecule has 0 saturated heterocycles. The van der Waals surface area contributed by atoms with E-state index >= 15 is 0 Å². The van der Waals surface area contributed by atoms with Gasteiger partial charge in [0, 0.05) is 0 Å². The molecule has 0 aromatic heterocycles. The van der Waals surface area contributed by atoms with E-state index in [1.54, 1.807) is 26.6 Å². The number of hydrogen-bond donors (Lipinski definition) is 0. The van der Waals surface area contributed by atoms with E-state index in [0.717, 1.165) is 1.95 Å².